The summed E-state index contributed by atoms with van der Waals surface area (Å²) < 4.78 is 28.1. The molecule has 0 aliphatic heterocycles. The zero-order chi connectivity index (χ0) is 26.0. The van der Waals surface area contributed by atoms with Crippen LogP contribution in [0.3, 0.4) is 0 Å². The molecule has 0 aliphatic carbocycles. The summed E-state index contributed by atoms with van der Waals surface area (Å²) in [5.41, 5.74) is 0. The summed E-state index contributed by atoms with van der Waals surface area (Å²) in [6.45, 7) is 6.20. The molecule has 0 spiro atoms. The first-order chi connectivity index (χ1) is 16.9. The third kappa shape index (κ3) is 27.8. The van der Waals surface area contributed by atoms with E-state index in [4.69, 9.17) is 4.74 Å². The number of hydrogen-bond acceptors (Lipinski definition) is 5. The van der Waals surface area contributed by atoms with Crippen molar-refractivity contribution in [3.8, 4) is 0 Å². The van der Waals surface area contributed by atoms with Gasteiger partial charge in [-0.25, -0.2) is 8.42 Å². The fourth-order valence-electron chi connectivity index (χ4n) is 4.45. The molecular formula is C29H59NO4S. The van der Waals surface area contributed by atoms with Crippen molar-refractivity contribution in [2.24, 2.45) is 0 Å². The summed E-state index contributed by atoms with van der Waals surface area (Å²) in [6, 6.07) is 0. The Hall–Kier alpha value is -0.620. The quantitative estimate of drug-likeness (QED) is 0.0890. The number of carbonyl (C=O) groups excluding carboxylic acids is 1. The minimum atomic E-state index is -2.84. The van der Waals surface area contributed by atoms with E-state index in [1.54, 1.807) is 0 Å². The van der Waals surface area contributed by atoms with Crippen LogP contribution in [0.15, 0.2) is 0 Å². The first-order valence-electron chi connectivity index (χ1n) is 15.0. The van der Waals surface area contributed by atoms with E-state index in [0.717, 1.165) is 58.0 Å². The van der Waals surface area contributed by atoms with E-state index in [1.165, 1.54) is 83.3 Å². The van der Waals surface area contributed by atoms with Crippen LogP contribution in [0.5, 0.6) is 0 Å². The summed E-state index contributed by atoms with van der Waals surface area (Å²) in [6.07, 6.45) is 25.5. The number of carbonyl (C=O) groups is 1. The Labute approximate surface area is 218 Å². The Kier molecular flexibility index (Phi) is 24.6. The minimum absolute atomic E-state index is 0.000455. The maximum atomic E-state index is 12.4. The van der Waals surface area contributed by atoms with Crippen molar-refractivity contribution in [3.63, 3.8) is 0 Å². The van der Waals surface area contributed by atoms with Crippen LogP contribution in [0.4, 0.5) is 0 Å². The smallest absolute Gasteiger partial charge is 0.306 e. The lowest BCUT2D eigenvalue weighted by Gasteiger charge is -2.18. The number of esters is 1. The van der Waals surface area contributed by atoms with Gasteiger partial charge in [0.2, 0.25) is 0 Å². The molecule has 0 aromatic carbocycles. The van der Waals surface area contributed by atoms with Crippen LogP contribution in [-0.4, -0.2) is 45.6 Å². The average Bonchev–Trinajstić information content (AvgIpc) is 2.81. The molecule has 6 heteroatoms. The predicted molar refractivity (Wildman–Crippen MR) is 151 cm³/mol. The van der Waals surface area contributed by atoms with Crippen LogP contribution in [-0.2, 0) is 19.4 Å². The van der Waals surface area contributed by atoms with E-state index in [2.05, 4.69) is 19.2 Å². The number of rotatable bonds is 27. The molecule has 0 aromatic rings. The van der Waals surface area contributed by atoms with Crippen LogP contribution in [0.25, 0.3) is 0 Å². The minimum Gasteiger partial charge on any atom is -0.462 e. The van der Waals surface area contributed by atoms with Gasteiger partial charge in [-0.3, -0.25) is 4.79 Å². The average molecular weight is 518 g/mol. The van der Waals surface area contributed by atoms with E-state index < -0.39 is 9.84 Å². The summed E-state index contributed by atoms with van der Waals surface area (Å²) >= 11 is 0. The molecule has 0 amide bonds. The molecule has 210 valence electrons. The lowest BCUT2D eigenvalue weighted by molar-refractivity contribution is -0.150. The largest absolute Gasteiger partial charge is 0.462 e. The standard InChI is InChI=1S/C29H59NO4S/c1-4-6-8-10-13-17-22-28(23-18-14-11-9-7-5-2)34-29(31)24-19-15-12-16-20-25-30-26-21-27-35(3,32)33/h28,30H,4-27H2,1-3H3. The summed E-state index contributed by atoms with van der Waals surface area (Å²) in [4.78, 5) is 12.4. The van der Waals surface area contributed by atoms with Crippen molar-refractivity contribution in [3.05, 3.63) is 0 Å². The van der Waals surface area contributed by atoms with Gasteiger partial charge in [-0.15, -0.1) is 0 Å². The normalized spacial score (nSPS) is 11.9. The van der Waals surface area contributed by atoms with Crippen molar-refractivity contribution in [2.75, 3.05) is 25.1 Å². The van der Waals surface area contributed by atoms with Crippen molar-refractivity contribution in [2.45, 2.75) is 155 Å². The van der Waals surface area contributed by atoms with E-state index in [0.29, 0.717) is 12.8 Å². The highest BCUT2D eigenvalue weighted by molar-refractivity contribution is 7.90. The number of ether oxygens (including phenoxy) is 1. The van der Waals surface area contributed by atoms with Crippen LogP contribution >= 0.6 is 0 Å². The van der Waals surface area contributed by atoms with Gasteiger partial charge >= 0.3 is 5.97 Å². The fraction of sp³-hybridized carbons (Fsp3) is 0.966. The molecule has 0 aliphatic rings. The number of hydrogen-bond donors (Lipinski definition) is 1. The van der Waals surface area contributed by atoms with Gasteiger partial charge in [0.1, 0.15) is 15.9 Å². The van der Waals surface area contributed by atoms with Gasteiger partial charge in [0, 0.05) is 12.7 Å². The third-order valence-electron chi connectivity index (χ3n) is 6.66. The van der Waals surface area contributed by atoms with Gasteiger partial charge in [-0.2, -0.15) is 0 Å². The van der Waals surface area contributed by atoms with Crippen molar-refractivity contribution < 1.29 is 17.9 Å². The van der Waals surface area contributed by atoms with E-state index in [9.17, 15) is 13.2 Å². The number of unbranched alkanes of at least 4 members (excludes halogenated alkanes) is 14. The second-order valence-electron chi connectivity index (χ2n) is 10.5. The third-order valence-corrected chi connectivity index (χ3v) is 7.69. The van der Waals surface area contributed by atoms with Gasteiger partial charge < -0.3 is 10.1 Å². The van der Waals surface area contributed by atoms with Crippen LogP contribution in [0, 0.1) is 0 Å². The summed E-state index contributed by atoms with van der Waals surface area (Å²) in [5.74, 6) is 0.258. The molecule has 0 saturated carbocycles. The first kappa shape index (κ1) is 34.4. The molecule has 0 bridgehead atoms. The molecule has 0 saturated heterocycles. The fourth-order valence-corrected chi connectivity index (χ4v) is 5.11. The van der Waals surface area contributed by atoms with E-state index >= 15 is 0 Å². The maximum absolute atomic E-state index is 12.4. The van der Waals surface area contributed by atoms with Crippen molar-refractivity contribution in [1.29, 1.82) is 0 Å². The second-order valence-corrected chi connectivity index (χ2v) is 12.7. The summed E-state index contributed by atoms with van der Waals surface area (Å²) in [7, 11) is -2.84. The lowest BCUT2D eigenvalue weighted by Crippen LogP contribution is -2.19. The highest BCUT2D eigenvalue weighted by Gasteiger charge is 2.14. The Morgan fingerprint density at radius 1 is 0.657 bits per heavy atom. The molecule has 5 nitrogen and oxygen atoms in total. The maximum Gasteiger partial charge on any atom is 0.306 e. The highest BCUT2D eigenvalue weighted by Crippen LogP contribution is 2.18. The Morgan fingerprint density at radius 3 is 1.66 bits per heavy atom. The highest BCUT2D eigenvalue weighted by atomic mass is 32.2. The molecule has 0 atom stereocenters. The molecule has 0 heterocycles. The SMILES string of the molecule is CCCCCCCCC(CCCCCCCC)OC(=O)CCCCCCCNCCCS(C)(=O)=O. The first-order valence-corrected chi connectivity index (χ1v) is 17.0. The van der Waals surface area contributed by atoms with E-state index in [1.807, 2.05) is 0 Å². The molecule has 35 heavy (non-hydrogen) atoms. The van der Waals surface area contributed by atoms with Crippen LogP contribution in [0.2, 0.25) is 0 Å². The van der Waals surface area contributed by atoms with Crippen LogP contribution < -0.4 is 5.32 Å². The van der Waals surface area contributed by atoms with Crippen LogP contribution in [0.1, 0.15) is 149 Å². The van der Waals surface area contributed by atoms with Gasteiger partial charge in [-0.05, 0) is 58.0 Å². The van der Waals surface area contributed by atoms with Crippen molar-refractivity contribution >= 4 is 15.8 Å². The Bertz CT molecular complexity index is 549. The molecule has 1 N–H and O–H groups in total. The van der Waals surface area contributed by atoms with Gasteiger partial charge in [0.25, 0.3) is 0 Å². The van der Waals surface area contributed by atoms with Crippen molar-refractivity contribution in [1.82, 2.24) is 5.32 Å². The zero-order valence-electron chi connectivity index (χ0n) is 23.6. The topological polar surface area (TPSA) is 72.5 Å². The predicted octanol–water partition coefficient (Wildman–Crippen LogP) is 7.76. The summed E-state index contributed by atoms with van der Waals surface area (Å²) in [5, 5.41) is 3.31. The molecule has 0 unspecified atom stereocenters. The number of sulfone groups is 1. The Morgan fingerprint density at radius 2 is 1.11 bits per heavy atom. The molecule has 0 radical (unpaired) electrons. The molecular weight excluding hydrogens is 458 g/mol. The monoisotopic (exact) mass is 517 g/mol. The van der Waals surface area contributed by atoms with Gasteiger partial charge in [0.15, 0.2) is 0 Å². The molecule has 0 rings (SSSR count). The second kappa shape index (κ2) is 25.0. The van der Waals surface area contributed by atoms with Gasteiger partial charge in [0.05, 0.1) is 5.75 Å². The van der Waals surface area contributed by atoms with E-state index in [-0.39, 0.29) is 17.8 Å². The Balaban J connectivity index is 3.90. The molecule has 0 fully saturated rings. The van der Waals surface area contributed by atoms with Gasteiger partial charge in [-0.1, -0.05) is 97.3 Å². The lowest BCUT2D eigenvalue weighted by atomic mass is 10.0. The molecule has 0 aromatic heterocycles. The number of nitrogens with one attached hydrogen (secondary N) is 1. The zero-order valence-corrected chi connectivity index (χ0v) is 24.4.